The Morgan fingerprint density at radius 3 is 0.767 bits per heavy atom. The van der Waals surface area contributed by atoms with Crippen molar-refractivity contribution in [2.45, 2.75) is 327 Å². The molecule has 13 rings (SSSR count). The van der Waals surface area contributed by atoms with Gasteiger partial charge < -0.3 is 0 Å². The van der Waals surface area contributed by atoms with Crippen molar-refractivity contribution in [3.05, 3.63) is 364 Å². The summed E-state index contributed by atoms with van der Waals surface area (Å²) in [4.78, 5) is 19.1. The van der Waals surface area contributed by atoms with E-state index in [0.29, 0.717) is 29.6 Å². The summed E-state index contributed by atoms with van der Waals surface area (Å²) in [5.41, 5.74) is 36.8. The Morgan fingerprint density at radius 1 is 0.247 bits per heavy atom. The van der Waals surface area contributed by atoms with Gasteiger partial charge in [-0.1, -0.05) is 22.3 Å². The molecule has 798 valence electrons. The molecule has 0 aliphatic rings. The van der Waals surface area contributed by atoms with Crippen LogP contribution in [0.2, 0.25) is 67.1 Å². The van der Waals surface area contributed by atoms with Crippen LogP contribution in [0.4, 0.5) is 0 Å². The van der Waals surface area contributed by atoms with Crippen LogP contribution in [0.3, 0.4) is 0 Å². The van der Waals surface area contributed by atoms with Crippen molar-refractivity contribution in [3.8, 4) is 17.2 Å². The van der Waals surface area contributed by atoms with Crippen LogP contribution < -0.4 is 58.7 Å². The Bertz CT molecular complexity index is 5430. The molecule has 0 atom stereocenters. The van der Waals surface area contributed by atoms with Crippen molar-refractivity contribution in [2.24, 2.45) is 0 Å². The number of hydrogen-bond acceptors (Lipinski definition) is 3. The average molecular weight is 3430 g/mol. The van der Waals surface area contributed by atoms with Gasteiger partial charge in [0.15, 0.2) is 0 Å². The molecule has 0 aliphatic heterocycles. The predicted octanol–water partition coefficient (Wildman–Crippen LogP) is 29.3. The normalized spacial score (nSPS) is 10.7. The van der Waals surface area contributed by atoms with Crippen LogP contribution in [0.15, 0.2) is 224 Å². The van der Waals surface area contributed by atoms with Gasteiger partial charge in [0.25, 0.3) is 0 Å². The van der Waals surface area contributed by atoms with Crippen molar-refractivity contribution in [1.29, 1.82) is 0 Å². The quantitative estimate of drug-likeness (QED) is 0.0671. The second-order valence-corrected chi connectivity index (χ2v) is 102. The molecule has 0 heterocycles. The van der Waals surface area contributed by atoms with E-state index in [-0.39, 0.29) is 85.0 Å². The van der Waals surface area contributed by atoms with E-state index in [0.717, 1.165) is 17.2 Å². The van der Waals surface area contributed by atoms with Crippen molar-refractivity contribution < 1.29 is 14.2 Å². The number of benzene rings is 13. The van der Waals surface area contributed by atoms with E-state index in [1.165, 1.54) is 121 Å². The average Bonchev–Trinajstić information content (AvgIpc) is 0.778. The standard InChI is InChI=1S/C11H16Te.C10H14Te.4C10H13.4C9H11.C8H10OTe.2C7H7O.3CH4.11CH3.4Bi.3Sb/c1-8(2)10-7-5-6-9(3)11(10)12-4;1-7-5-8(2)10(11-4)9(3)6-7;4*1-8(2)10-6-4-5-9(3)7-10;4*1-7-4-8(2)6-9(3)5-7;1-9-7-3-5-8(10-2)6-4-7;2*1-8-7-5-3-2-4-6-7;;;;;;;;;;;;;;;;;;;;;/h5-8H,1-4H3;5-6H,1-4H3;4*4-5,7-8H,1-3H3;4*4-5H,1-3H3;3-6H,1-2H3;2*3-6H,1H3;3*1H4;11*1H3;;;;;;;. The zero-order valence-electron chi connectivity index (χ0n) is 97.3. The van der Waals surface area contributed by atoms with Crippen LogP contribution in [0.1, 0.15) is 260 Å². The summed E-state index contributed by atoms with van der Waals surface area (Å²) >= 11 is -9.61. The van der Waals surface area contributed by atoms with E-state index in [1.807, 2.05) is 36.4 Å². The molecule has 0 bridgehead atoms. The Balaban J connectivity index is 0.000000832. The fourth-order valence-electron chi connectivity index (χ4n) is 18.4. The first-order valence-corrected chi connectivity index (χ1v) is 110. The van der Waals surface area contributed by atoms with Crippen molar-refractivity contribution in [1.82, 2.24) is 0 Å². The molecule has 0 aromatic heterocycles. The molecule has 3 nitrogen and oxygen atoms in total. The first-order chi connectivity index (χ1) is 67.1. The minimum atomic E-state index is -1.89. The van der Waals surface area contributed by atoms with Gasteiger partial charge in [-0.05, 0) is 0 Å². The topological polar surface area (TPSA) is 27.7 Å². The predicted molar refractivity (Wildman–Crippen MR) is 684 cm³/mol. The maximum absolute atomic E-state index is 5.19. The number of ether oxygens (including phenoxy) is 3. The monoisotopic (exact) mass is 3430 g/mol. The summed E-state index contributed by atoms with van der Waals surface area (Å²) in [6.07, 6.45) is 0. The zero-order chi connectivity index (χ0) is 108. The van der Waals surface area contributed by atoms with Crippen molar-refractivity contribution in [3.63, 3.8) is 0 Å². The number of methoxy groups -OCH3 is 3. The van der Waals surface area contributed by atoms with Gasteiger partial charge in [0.05, 0.1) is 0 Å². The molecule has 0 radical (unpaired) electrons. The second-order valence-electron chi connectivity index (χ2n) is 40.9. The summed E-state index contributed by atoms with van der Waals surface area (Å²) in [5.74, 6) is 5.91. The molecular weight excluding hydrogens is 3230 g/mol. The molecule has 0 spiro atoms. The molecule has 0 aliphatic carbocycles. The van der Waals surface area contributed by atoms with Gasteiger partial charge in [-0.25, -0.2) is 0 Å². The first kappa shape index (κ1) is 142. The van der Waals surface area contributed by atoms with E-state index < -0.39 is 148 Å². The molecule has 0 amide bonds. The third-order valence-electron chi connectivity index (χ3n) is 24.6. The molecule has 13 aromatic rings. The maximum atomic E-state index is 5.19. The zero-order valence-corrected chi connectivity index (χ0v) is 126. The third kappa shape index (κ3) is 46.4. The molecule has 146 heavy (non-hydrogen) atoms. The minimum absolute atomic E-state index is 0. The van der Waals surface area contributed by atoms with E-state index in [1.54, 1.807) is 83.5 Å². The Hall–Kier alpha value is -2.38. The summed E-state index contributed by atoms with van der Waals surface area (Å²) < 4.78 is 51.2. The fourth-order valence-corrected chi connectivity index (χ4v) is 63.1. The van der Waals surface area contributed by atoms with E-state index in [2.05, 4.69) is 463 Å². The van der Waals surface area contributed by atoms with Crippen molar-refractivity contribution >= 4 is 255 Å². The van der Waals surface area contributed by atoms with Gasteiger partial charge in [-0.3, -0.25) is 0 Å². The molecule has 13 aromatic carbocycles. The summed E-state index contributed by atoms with van der Waals surface area (Å²) in [5, 5.41) is 0. The Labute approximate surface area is 983 Å². The van der Waals surface area contributed by atoms with Crippen LogP contribution in [0.5, 0.6) is 17.2 Å². The van der Waals surface area contributed by atoms with Crippen LogP contribution in [-0.2, 0) is 0 Å². The SMILES string of the molecule is C.C.C.COc1cc[c]([Bi]([CH3])[c]2ccc(OC)cc2)cc1.COc1ccc([Te]C)cc1.C[Te]c1c(C)cc(C)cc1C.C[Te]c1c(C)cccc1C(C)C.Cc1cc(C)[c]([Bi]([CH3])[c]2c(C)cc(C)cc2C)c(C)c1.Cc1cc(C)[c]([Sb]([CH3])[c]2c(C)cc(C)cc2C)c(C)c1.Cc1cc[c]([Bi]([CH3])[c]2ccc(C)cc2C(C)C)c(C(C)C)c1.Cc1cc[c]([Sb]([CH3])[c]2ccc(C)cc2C(C)C)c(C(C)C)c1.[CH3][Bi]([CH3])[CH3].[CH3][Sb]([CH3])[CH3]. The van der Waals surface area contributed by atoms with Crippen LogP contribution >= 0.6 is 0 Å². The Kier molecular flexibility index (Phi) is 69.6. The molecule has 0 unspecified atom stereocenters. The van der Waals surface area contributed by atoms with Gasteiger partial charge >= 0.3 is 976 Å². The molecule has 0 N–H and O–H groups in total. The second kappa shape index (κ2) is 71.8. The van der Waals surface area contributed by atoms with E-state index >= 15 is 0 Å². The fraction of sp³-hybridized carbons (Fsp3) is 0.414. The molecular formula is C133H195Bi4O3Sb3Te3. The van der Waals surface area contributed by atoms with Gasteiger partial charge in [0.1, 0.15) is 0 Å². The molecule has 0 saturated heterocycles. The number of hydrogen-bond donors (Lipinski definition) is 0. The third-order valence-corrected chi connectivity index (χ3v) is 74.7. The van der Waals surface area contributed by atoms with Crippen molar-refractivity contribution in [2.75, 3.05) is 21.3 Å². The van der Waals surface area contributed by atoms with Crippen LogP contribution in [-0.4, -0.2) is 232 Å². The van der Waals surface area contributed by atoms with E-state index in [4.69, 9.17) is 14.2 Å². The molecule has 0 saturated carbocycles. The summed E-state index contributed by atoms with van der Waals surface area (Å²) in [6, 6.07) is 83.9. The van der Waals surface area contributed by atoms with Gasteiger partial charge in [0, 0.05) is 0 Å². The molecule has 13 heteroatoms. The van der Waals surface area contributed by atoms with Crippen LogP contribution in [0, 0.1) is 138 Å². The van der Waals surface area contributed by atoms with E-state index in [9.17, 15) is 0 Å². The van der Waals surface area contributed by atoms with Gasteiger partial charge in [-0.2, -0.15) is 0 Å². The number of aryl methyl sites for hydroxylation is 20. The number of rotatable bonds is 21. The summed E-state index contributed by atoms with van der Waals surface area (Å²) in [6.45, 7) is 68.0. The summed E-state index contributed by atoms with van der Waals surface area (Å²) in [7, 11) is 5.09. The van der Waals surface area contributed by atoms with Gasteiger partial charge in [-0.15, -0.1) is 0 Å². The Morgan fingerprint density at radius 2 is 0.507 bits per heavy atom. The molecule has 0 fully saturated rings. The first-order valence-electron chi connectivity index (χ1n) is 50.5. The van der Waals surface area contributed by atoms with Crippen LogP contribution in [0.25, 0.3) is 0 Å². The van der Waals surface area contributed by atoms with Gasteiger partial charge in [0.2, 0.25) is 0 Å².